The second-order valence-corrected chi connectivity index (χ2v) is 5.34. The van der Waals surface area contributed by atoms with E-state index in [0.29, 0.717) is 41.8 Å². The van der Waals surface area contributed by atoms with E-state index in [9.17, 15) is 4.79 Å². The molecule has 0 atom stereocenters. The van der Waals surface area contributed by atoms with Crippen LogP contribution in [0.4, 0.5) is 0 Å². The molecule has 5 heteroatoms. The second-order valence-electron chi connectivity index (χ2n) is 5.34. The van der Waals surface area contributed by atoms with Crippen molar-refractivity contribution in [1.82, 2.24) is 0 Å². The van der Waals surface area contributed by atoms with Crippen molar-refractivity contribution < 1.29 is 23.7 Å². The Morgan fingerprint density at radius 3 is 2.15 bits per heavy atom. The van der Waals surface area contributed by atoms with E-state index in [1.165, 1.54) is 13.2 Å². The number of hydrogen-bond donors (Lipinski definition) is 0. The van der Waals surface area contributed by atoms with E-state index in [0.717, 1.165) is 5.56 Å². The van der Waals surface area contributed by atoms with Gasteiger partial charge in [-0.15, -0.1) is 0 Å². The molecule has 0 radical (unpaired) electrons. The van der Waals surface area contributed by atoms with E-state index in [-0.39, 0.29) is 5.78 Å². The van der Waals surface area contributed by atoms with Gasteiger partial charge in [-0.25, -0.2) is 0 Å². The first-order valence-corrected chi connectivity index (χ1v) is 8.47. The van der Waals surface area contributed by atoms with E-state index in [1.54, 1.807) is 31.4 Å². The molecular formula is C21H24O5. The van der Waals surface area contributed by atoms with Crippen LogP contribution < -0.4 is 18.9 Å². The Morgan fingerprint density at radius 2 is 1.50 bits per heavy atom. The maximum Gasteiger partial charge on any atom is 0.185 e. The lowest BCUT2D eigenvalue weighted by Crippen LogP contribution is -1.99. The highest BCUT2D eigenvalue weighted by Gasteiger charge is 2.09. The molecule has 0 aromatic heterocycles. The number of allylic oxidation sites excluding steroid dienone is 1. The van der Waals surface area contributed by atoms with Gasteiger partial charge in [-0.1, -0.05) is 12.1 Å². The van der Waals surface area contributed by atoms with E-state index < -0.39 is 0 Å². The number of carbonyl (C=O) groups is 1. The van der Waals surface area contributed by atoms with E-state index in [1.807, 2.05) is 32.0 Å². The van der Waals surface area contributed by atoms with E-state index in [2.05, 4.69) is 0 Å². The van der Waals surface area contributed by atoms with Crippen LogP contribution in [0.1, 0.15) is 29.8 Å². The van der Waals surface area contributed by atoms with E-state index >= 15 is 0 Å². The molecule has 2 rings (SSSR count). The molecule has 0 aliphatic carbocycles. The van der Waals surface area contributed by atoms with Gasteiger partial charge in [0.25, 0.3) is 0 Å². The predicted octanol–water partition coefficient (Wildman–Crippen LogP) is 4.40. The zero-order valence-corrected chi connectivity index (χ0v) is 15.6. The minimum absolute atomic E-state index is 0.127. The number of ether oxygens (including phenoxy) is 4. The highest BCUT2D eigenvalue weighted by Crippen LogP contribution is 2.30. The van der Waals surface area contributed by atoms with Crippen molar-refractivity contribution in [3.8, 4) is 23.0 Å². The summed E-state index contributed by atoms with van der Waals surface area (Å²) in [6.07, 6.45) is 3.27. The quantitative estimate of drug-likeness (QED) is 0.492. The van der Waals surface area contributed by atoms with Crippen LogP contribution in [0, 0.1) is 0 Å². The van der Waals surface area contributed by atoms with Crippen molar-refractivity contribution >= 4 is 11.9 Å². The Hall–Kier alpha value is -2.95. The van der Waals surface area contributed by atoms with Gasteiger partial charge < -0.3 is 18.9 Å². The van der Waals surface area contributed by atoms with Crippen LogP contribution in [0.3, 0.4) is 0 Å². The topological polar surface area (TPSA) is 54.0 Å². The van der Waals surface area contributed by atoms with Gasteiger partial charge in [-0.2, -0.15) is 0 Å². The summed E-state index contributed by atoms with van der Waals surface area (Å²) in [6.45, 7) is 4.94. The summed E-state index contributed by atoms with van der Waals surface area (Å²) >= 11 is 0. The van der Waals surface area contributed by atoms with Crippen molar-refractivity contribution in [3.05, 3.63) is 53.6 Å². The van der Waals surface area contributed by atoms with Crippen LogP contribution in [-0.4, -0.2) is 33.2 Å². The maximum absolute atomic E-state index is 12.4. The van der Waals surface area contributed by atoms with Crippen molar-refractivity contribution in [2.45, 2.75) is 13.8 Å². The first-order valence-electron chi connectivity index (χ1n) is 8.47. The number of carbonyl (C=O) groups excluding carboxylic acids is 1. The second kappa shape index (κ2) is 9.51. The van der Waals surface area contributed by atoms with Crippen molar-refractivity contribution in [2.24, 2.45) is 0 Å². The molecule has 0 unspecified atom stereocenters. The average Bonchev–Trinajstić information content (AvgIpc) is 2.67. The molecule has 0 aliphatic heterocycles. The molecule has 0 saturated carbocycles. The minimum atomic E-state index is -0.127. The lowest BCUT2D eigenvalue weighted by atomic mass is 10.1. The highest BCUT2D eigenvalue weighted by molar-refractivity contribution is 6.07. The van der Waals surface area contributed by atoms with Gasteiger partial charge in [0.05, 0.1) is 27.4 Å². The monoisotopic (exact) mass is 356 g/mol. The number of rotatable bonds is 9. The summed E-state index contributed by atoms with van der Waals surface area (Å²) in [5.74, 6) is 2.33. The summed E-state index contributed by atoms with van der Waals surface area (Å²) in [4.78, 5) is 12.4. The lowest BCUT2D eigenvalue weighted by Gasteiger charge is -2.11. The summed E-state index contributed by atoms with van der Waals surface area (Å²) in [6, 6.07) is 10.7. The molecule has 0 heterocycles. The Kier molecular flexibility index (Phi) is 7.09. The standard InChI is InChI=1S/C21H24O5/c1-5-25-19-11-8-15(13-21(19)26-6-2)7-10-17(22)16-9-12-18(23-3)20(14-16)24-4/h7-14H,5-6H2,1-4H3/b10-7+. The smallest absolute Gasteiger partial charge is 0.185 e. The molecule has 2 aromatic carbocycles. The molecule has 0 N–H and O–H groups in total. The van der Waals surface area contributed by atoms with Crippen LogP contribution >= 0.6 is 0 Å². The SMILES string of the molecule is CCOc1ccc(/C=C/C(=O)c2ccc(OC)c(OC)c2)cc1OCC. The Bertz CT molecular complexity index is 780. The van der Waals surface area contributed by atoms with Crippen LogP contribution in [0.15, 0.2) is 42.5 Å². The molecule has 138 valence electrons. The highest BCUT2D eigenvalue weighted by atomic mass is 16.5. The third-order valence-electron chi connectivity index (χ3n) is 3.66. The maximum atomic E-state index is 12.4. The first-order chi connectivity index (χ1) is 12.6. The fourth-order valence-corrected chi connectivity index (χ4v) is 2.43. The summed E-state index contributed by atoms with van der Waals surface area (Å²) in [5, 5.41) is 0. The molecule has 26 heavy (non-hydrogen) atoms. The predicted molar refractivity (Wildman–Crippen MR) is 102 cm³/mol. The largest absolute Gasteiger partial charge is 0.493 e. The number of methoxy groups -OCH3 is 2. The molecule has 0 bridgehead atoms. The van der Waals surface area contributed by atoms with Crippen molar-refractivity contribution in [3.63, 3.8) is 0 Å². The zero-order chi connectivity index (χ0) is 18.9. The first kappa shape index (κ1) is 19.4. The van der Waals surface area contributed by atoms with Crippen LogP contribution in [0.25, 0.3) is 6.08 Å². The molecule has 2 aromatic rings. The molecule has 0 saturated heterocycles. The normalized spacial score (nSPS) is 10.6. The van der Waals surface area contributed by atoms with Gasteiger partial charge >= 0.3 is 0 Å². The molecular weight excluding hydrogens is 332 g/mol. The fraction of sp³-hybridized carbons (Fsp3) is 0.286. The van der Waals surface area contributed by atoms with Gasteiger partial charge in [0.1, 0.15) is 0 Å². The van der Waals surface area contributed by atoms with Crippen molar-refractivity contribution in [1.29, 1.82) is 0 Å². The third-order valence-corrected chi connectivity index (χ3v) is 3.66. The molecule has 0 aliphatic rings. The molecule has 0 amide bonds. The van der Waals surface area contributed by atoms with Crippen molar-refractivity contribution in [2.75, 3.05) is 27.4 Å². The number of benzene rings is 2. The Balaban J connectivity index is 2.20. The van der Waals surface area contributed by atoms with Gasteiger partial charge in [0.15, 0.2) is 28.8 Å². The van der Waals surface area contributed by atoms with Crippen LogP contribution in [0.5, 0.6) is 23.0 Å². The zero-order valence-electron chi connectivity index (χ0n) is 15.6. The van der Waals surface area contributed by atoms with Gasteiger partial charge in [0, 0.05) is 5.56 Å². The number of ketones is 1. The third kappa shape index (κ3) is 4.79. The average molecular weight is 356 g/mol. The molecule has 0 fully saturated rings. The summed E-state index contributed by atoms with van der Waals surface area (Å²) in [5.41, 5.74) is 1.38. The Labute approximate surface area is 154 Å². The molecule has 5 nitrogen and oxygen atoms in total. The fourth-order valence-electron chi connectivity index (χ4n) is 2.43. The van der Waals surface area contributed by atoms with Crippen LogP contribution in [-0.2, 0) is 0 Å². The van der Waals surface area contributed by atoms with Gasteiger partial charge in [-0.05, 0) is 55.8 Å². The Morgan fingerprint density at radius 1 is 0.846 bits per heavy atom. The van der Waals surface area contributed by atoms with Gasteiger partial charge in [0.2, 0.25) is 0 Å². The van der Waals surface area contributed by atoms with Gasteiger partial charge in [-0.3, -0.25) is 4.79 Å². The van der Waals surface area contributed by atoms with E-state index in [4.69, 9.17) is 18.9 Å². The minimum Gasteiger partial charge on any atom is -0.493 e. The summed E-state index contributed by atoms with van der Waals surface area (Å²) in [7, 11) is 3.10. The lowest BCUT2D eigenvalue weighted by molar-refractivity contribution is 0.104. The number of hydrogen-bond acceptors (Lipinski definition) is 5. The molecule has 0 spiro atoms. The van der Waals surface area contributed by atoms with Crippen LogP contribution in [0.2, 0.25) is 0 Å². The summed E-state index contributed by atoms with van der Waals surface area (Å²) < 4.78 is 21.6.